The summed E-state index contributed by atoms with van der Waals surface area (Å²) in [5, 5.41) is 27.2. The first kappa shape index (κ1) is 18.8. The van der Waals surface area contributed by atoms with E-state index in [0.29, 0.717) is 49.9 Å². The van der Waals surface area contributed by atoms with E-state index in [1.54, 1.807) is 0 Å². The summed E-state index contributed by atoms with van der Waals surface area (Å²) in [5.74, 6) is -0.354. The molecule has 0 saturated heterocycles. The molecule has 0 radical (unpaired) electrons. The van der Waals surface area contributed by atoms with Crippen LogP contribution in [0.1, 0.15) is 19.3 Å². The van der Waals surface area contributed by atoms with E-state index in [4.69, 9.17) is 15.3 Å². The van der Waals surface area contributed by atoms with Crippen LogP contribution in [0.4, 0.5) is 0 Å². The molecule has 0 atom stereocenters. The molecule has 0 aromatic heterocycles. The second-order valence-electron chi connectivity index (χ2n) is 4.73. The van der Waals surface area contributed by atoms with Gasteiger partial charge in [0.15, 0.2) is 0 Å². The van der Waals surface area contributed by atoms with Crippen LogP contribution >= 0.6 is 0 Å². The average molecular weight is 299 g/mol. The maximum Gasteiger partial charge on any atom is 0.102 e. The predicted molar refractivity (Wildman–Crippen MR) is 69.4 cm³/mol. The zero-order valence-corrected chi connectivity index (χ0v) is 12.0. The number of quaternary nitrogens is 1. The second kappa shape index (κ2) is 9.62. The van der Waals surface area contributed by atoms with Gasteiger partial charge in [0, 0.05) is 5.75 Å². The standard InChI is InChI=1S/C11H25NO6S/c13-8-5-12(6-9-14,7-10-15)4-2-1-3-11-19(16,17)18/h13-15H,1-11H2. The zero-order valence-electron chi connectivity index (χ0n) is 11.2. The highest BCUT2D eigenvalue weighted by molar-refractivity contribution is 7.85. The zero-order chi connectivity index (χ0) is 14.8. The molecule has 3 N–H and O–H groups in total. The smallest absolute Gasteiger partial charge is 0.102 e. The highest BCUT2D eigenvalue weighted by Gasteiger charge is 2.25. The van der Waals surface area contributed by atoms with Gasteiger partial charge < -0.3 is 24.4 Å². The van der Waals surface area contributed by atoms with Crippen LogP contribution in [0.2, 0.25) is 0 Å². The van der Waals surface area contributed by atoms with E-state index in [1.165, 1.54) is 0 Å². The van der Waals surface area contributed by atoms with Crippen LogP contribution in [0.5, 0.6) is 0 Å². The van der Waals surface area contributed by atoms with Gasteiger partial charge in [-0.3, -0.25) is 0 Å². The Morgan fingerprint density at radius 3 is 1.63 bits per heavy atom. The van der Waals surface area contributed by atoms with Crippen molar-refractivity contribution in [1.82, 2.24) is 0 Å². The van der Waals surface area contributed by atoms with Gasteiger partial charge in [0.1, 0.15) is 19.6 Å². The minimum Gasteiger partial charge on any atom is -0.748 e. The molecule has 7 nitrogen and oxygen atoms in total. The molecule has 0 aliphatic heterocycles. The van der Waals surface area contributed by atoms with Crippen molar-refractivity contribution in [2.45, 2.75) is 19.3 Å². The molecule has 0 amide bonds. The van der Waals surface area contributed by atoms with Gasteiger partial charge in [-0.05, 0) is 19.3 Å². The SMILES string of the molecule is O=S(=O)([O-])CCCCC[N+](CCO)(CCO)CCO. The number of unbranched alkanes of at least 4 members (excludes halogenated alkanes) is 2. The molecule has 0 heterocycles. The Morgan fingerprint density at radius 1 is 0.789 bits per heavy atom. The number of aliphatic hydroxyl groups excluding tert-OH is 3. The minimum absolute atomic E-state index is 0.0328. The molecule has 116 valence electrons. The molecule has 0 aromatic carbocycles. The molecule has 0 rings (SSSR count). The first-order valence-corrected chi connectivity index (χ1v) is 8.08. The van der Waals surface area contributed by atoms with Crippen LogP contribution in [0.25, 0.3) is 0 Å². The fraction of sp³-hybridized carbons (Fsp3) is 1.00. The number of hydrogen-bond acceptors (Lipinski definition) is 6. The van der Waals surface area contributed by atoms with E-state index in [0.717, 1.165) is 0 Å². The largest absolute Gasteiger partial charge is 0.748 e. The minimum atomic E-state index is -4.15. The third-order valence-electron chi connectivity index (χ3n) is 3.25. The molecule has 19 heavy (non-hydrogen) atoms. The Kier molecular flexibility index (Phi) is 9.50. The predicted octanol–water partition coefficient (Wildman–Crippen LogP) is -1.50. The van der Waals surface area contributed by atoms with E-state index in [9.17, 15) is 13.0 Å². The highest BCUT2D eigenvalue weighted by atomic mass is 32.2. The molecule has 0 fully saturated rings. The molecular formula is C11H25NO6S. The molecule has 0 aliphatic carbocycles. The number of nitrogens with zero attached hydrogens (tertiary/aromatic N) is 1. The Hall–Kier alpha value is -0.250. The molecule has 0 saturated carbocycles. The summed E-state index contributed by atoms with van der Waals surface area (Å²) in [4.78, 5) is 0. The van der Waals surface area contributed by atoms with Crippen molar-refractivity contribution in [3.63, 3.8) is 0 Å². The van der Waals surface area contributed by atoms with Gasteiger partial charge >= 0.3 is 0 Å². The Morgan fingerprint density at radius 2 is 1.26 bits per heavy atom. The van der Waals surface area contributed by atoms with E-state index in [-0.39, 0.29) is 25.6 Å². The first-order valence-electron chi connectivity index (χ1n) is 6.50. The summed E-state index contributed by atoms with van der Waals surface area (Å²) in [5.41, 5.74) is 0. The van der Waals surface area contributed by atoms with E-state index in [1.807, 2.05) is 0 Å². The van der Waals surface area contributed by atoms with Gasteiger partial charge in [0.25, 0.3) is 0 Å². The van der Waals surface area contributed by atoms with Gasteiger partial charge in [-0.15, -0.1) is 0 Å². The summed E-state index contributed by atoms with van der Waals surface area (Å²) < 4.78 is 31.7. The van der Waals surface area contributed by atoms with E-state index >= 15 is 0 Å². The van der Waals surface area contributed by atoms with E-state index in [2.05, 4.69) is 0 Å². The Balaban J connectivity index is 4.17. The number of aliphatic hydroxyl groups is 3. The van der Waals surface area contributed by atoms with Crippen LogP contribution in [-0.2, 0) is 10.1 Å². The van der Waals surface area contributed by atoms with Gasteiger partial charge in [-0.25, -0.2) is 8.42 Å². The maximum absolute atomic E-state index is 10.4. The summed E-state index contributed by atoms with van der Waals surface area (Å²) in [6.45, 7) is 1.88. The fourth-order valence-corrected chi connectivity index (χ4v) is 2.77. The summed E-state index contributed by atoms with van der Waals surface area (Å²) in [6.07, 6.45) is 1.61. The van der Waals surface area contributed by atoms with Crippen molar-refractivity contribution < 1.29 is 32.8 Å². The lowest BCUT2D eigenvalue weighted by Gasteiger charge is -2.37. The highest BCUT2D eigenvalue weighted by Crippen LogP contribution is 2.10. The lowest BCUT2D eigenvalue weighted by atomic mass is 10.2. The molecule has 0 aromatic rings. The Bertz CT molecular complexity index is 302. The van der Waals surface area contributed by atoms with Gasteiger partial charge in [-0.1, -0.05) is 0 Å². The molecule has 8 heteroatoms. The monoisotopic (exact) mass is 299 g/mol. The molecule has 0 bridgehead atoms. The number of hydrogen-bond donors (Lipinski definition) is 3. The summed E-state index contributed by atoms with van der Waals surface area (Å²) in [7, 11) is -4.15. The van der Waals surface area contributed by atoms with Gasteiger partial charge in [0.2, 0.25) is 0 Å². The number of rotatable bonds is 12. The summed E-state index contributed by atoms with van der Waals surface area (Å²) in [6, 6.07) is 0. The topological polar surface area (TPSA) is 118 Å². The lowest BCUT2D eigenvalue weighted by molar-refractivity contribution is -0.929. The van der Waals surface area contributed by atoms with Crippen molar-refractivity contribution >= 4 is 10.1 Å². The van der Waals surface area contributed by atoms with Crippen LogP contribution in [0.3, 0.4) is 0 Å². The summed E-state index contributed by atoms with van der Waals surface area (Å²) >= 11 is 0. The van der Waals surface area contributed by atoms with Crippen LogP contribution in [-0.4, -0.2) is 84.5 Å². The second-order valence-corrected chi connectivity index (χ2v) is 6.25. The third kappa shape index (κ3) is 9.31. The quantitative estimate of drug-likeness (QED) is 0.229. The van der Waals surface area contributed by atoms with Gasteiger partial charge in [0.05, 0.1) is 36.5 Å². The third-order valence-corrected chi connectivity index (χ3v) is 4.04. The van der Waals surface area contributed by atoms with Crippen LogP contribution in [0, 0.1) is 0 Å². The van der Waals surface area contributed by atoms with Crippen molar-refractivity contribution in [2.75, 3.05) is 51.8 Å². The van der Waals surface area contributed by atoms with Crippen LogP contribution in [0.15, 0.2) is 0 Å². The molecule has 0 spiro atoms. The maximum atomic E-state index is 10.4. The van der Waals surface area contributed by atoms with Crippen molar-refractivity contribution in [1.29, 1.82) is 0 Å². The van der Waals surface area contributed by atoms with E-state index < -0.39 is 10.1 Å². The lowest BCUT2D eigenvalue weighted by Crippen LogP contribution is -2.53. The fourth-order valence-electron chi connectivity index (χ4n) is 2.21. The normalized spacial score (nSPS) is 12.8. The van der Waals surface area contributed by atoms with Crippen molar-refractivity contribution in [2.24, 2.45) is 0 Å². The Labute approximate surface area is 114 Å². The molecular weight excluding hydrogens is 274 g/mol. The molecule has 0 unspecified atom stereocenters. The molecule has 0 aliphatic rings. The average Bonchev–Trinajstić information content (AvgIpc) is 2.28. The van der Waals surface area contributed by atoms with Crippen molar-refractivity contribution in [3.8, 4) is 0 Å². The van der Waals surface area contributed by atoms with Crippen molar-refractivity contribution in [3.05, 3.63) is 0 Å². The first-order chi connectivity index (χ1) is 8.89. The van der Waals surface area contributed by atoms with Gasteiger partial charge in [-0.2, -0.15) is 0 Å². The van der Waals surface area contributed by atoms with Crippen LogP contribution < -0.4 is 0 Å².